The van der Waals surface area contributed by atoms with E-state index < -0.39 is 5.54 Å². The molecule has 5 rings (SSSR count). The van der Waals surface area contributed by atoms with E-state index in [-0.39, 0.29) is 11.9 Å². The van der Waals surface area contributed by atoms with Gasteiger partial charge in [-0.25, -0.2) is 14.7 Å². The van der Waals surface area contributed by atoms with Crippen LogP contribution in [0.3, 0.4) is 0 Å². The predicted molar refractivity (Wildman–Crippen MR) is 132 cm³/mol. The molecule has 3 amide bonds. The average molecular weight is 469 g/mol. The van der Waals surface area contributed by atoms with E-state index in [0.717, 1.165) is 63.6 Å². The Hall–Kier alpha value is -1.99. The van der Waals surface area contributed by atoms with Gasteiger partial charge in [0.1, 0.15) is 5.54 Å². The Morgan fingerprint density at radius 3 is 2.48 bits per heavy atom. The van der Waals surface area contributed by atoms with E-state index in [1.165, 1.54) is 14.6 Å². The normalized spacial score (nSPS) is 27.6. The molecule has 1 spiro atoms. The summed E-state index contributed by atoms with van der Waals surface area (Å²) in [6.45, 7) is 9.08. The molecule has 3 heterocycles. The van der Waals surface area contributed by atoms with E-state index >= 15 is 0 Å². The van der Waals surface area contributed by atoms with E-state index in [1.54, 1.807) is 11.3 Å². The molecule has 6 nitrogen and oxygen atoms in total. The van der Waals surface area contributed by atoms with Crippen molar-refractivity contribution in [1.29, 1.82) is 0 Å². The van der Waals surface area contributed by atoms with Crippen LogP contribution in [0.4, 0.5) is 4.79 Å². The van der Waals surface area contributed by atoms with Crippen molar-refractivity contribution in [1.82, 2.24) is 20.1 Å². The van der Waals surface area contributed by atoms with Gasteiger partial charge in [-0.2, -0.15) is 0 Å². The Kier molecular flexibility index (Phi) is 5.98. The fourth-order valence-electron chi connectivity index (χ4n) is 5.91. The van der Waals surface area contributed by atoms with Gasteiger partial charge in [-0.15, -0.1) is 11.3 Å². The maximum atomic E-state index is 13.4. The molecule has 0 radical (unpaired) electrons. The molecule has 1 N–H and O–H groups in total. The lowest BCUT2D eigenvalue weighted by atomic mass is 9.65. The van der Waals surface area contributed by atoms with Gasteiger partial charge in [-0.1, -0.05) is 39.3 Å². The molecule has 2 saturated heterocycles. The van der Waals surface area contributed by atoms with Gasteiger partial charge in [-0.05, 0) is 62.0 Å². The zero-order valence-electron chi connectivity index (χ0n) is 20.1. The van der Waals surface area contributed by atoms with Crippen LogP contribution in [-0.2, 0) is 4.79 Å². The van der Waals surface area contributed by atoms with E-state index in [1.807, 2.05) is 6.07 Å². The first-order chi connectivity index (χ1) is 15.8. The van der Waals surface area contributed by atoms with E-state index in [0.29, 0.717) is 23.9 Å². The average Bonchev–Trinajstić information content (AvgIpc) is 3.35. The Morgan fingerprint density at radius 1 is 1.12 bits per heavy atom. The van der Waals surface area contributed by atoms with Gasteiger partial charge in [0.15, 0.2) is 0 Å². The highest BCUT2D eigenvalue weighted by Crippen LogP contribution is 2.45. The second-order valence-electron chi connectivity index (χ2n) is 10.9. The highest BCUT2D eigenvalue weighted by Gasteiger charge is 2.53. The molecule has 1 saturated carbocycles. The van der Waals surface area contributed by atoms with Gasteiger partial charge < -0.3 is 5.32 Å². The van der Waals surface area contributed by atoms with Crippen molar-refractivity contribution in [3.05, 3.63) is 29.3 Å². The van der Waals surface area contributed by atoms with E-state index in [2.05, 4.69) is 49.2 Å². The van der Waals surface area contributed by atoms with Crippen LogP contribution >= 0.6 is 11.3 Å². The summed E-state index contributed by atoms with van der Waals surface area (Å²) in [6.07, 6.45) is 6.72. The number of carbonyl (C=O) groups excluding carboxylic acids is 2. The number of amides is 3. The molecular formula is C26H36N4O2S. The molecule has 1 aromatic carbocycles. The number of urea groups is 1. The Labute approximate surface area is 200 Å². The minimum Gasteiger partial charge on any atom is -0.323 e. The standard InChI is InChI=1S/C26H36N4O2S/c1-4-25(2,3)19-9-13-26(14-10-19)23(31)30(24(32)28-26)17-29-15-11-18(12-16-29)22-27-20-7-5-6-8-21(20)33-22/h5-8,18-19H,4,9-17H2,1-3H3,(H,28,32). The molecule has 33 heavy (non-hydrogen) atoms. The number of rotatable bonds is 5. The number of thiazole rings is 1. The number of benzene rings is 1. The lowest BCUT2D eigenvalue weighted by molar-refractivity contribution is -0.134. The number of likely N-dealkylation sites (tertiary alicyclic amines) is 1. The molecule has 2 aliphatic heterocycles. The van der Waals surface area contributed by atoms with Gasteiger partial charge in [0.2, 0.25) is 0 Å². The first-order valence-corrected chi connectivity index (χ1v) is 13.3. The van der Waals surface area contributed by atoms with Crippen molar-refractivity contribution in [2.45, 2.75) is 77.2 Å². The summed E-state index contributed by atoms with van der Waals surface area (Å²) in [5.41, 5.74) is 0.707. The SMILES string of the molecule is CCC(C)(C)C1CCC2(CC1)NC(=O)N(CN1CCC(c3nc4ccccc4s3)CC1)C2=O. The fraction of sp³-hybridized carbons (Fsp3) is 0.654. The number of nitrogens with zero attached hydrogens (tertiary/aromatic N) is 3. The molecule has 178 valence electrons. The highest BCUT2D eigenvalue weighted by atomic mass is 32.1. The molecule has 1 aromatic heterocycles. The first kappa shape index (κ1) is 22.8. The number of hydrogen-bond acceptors (Lipinski definition) is 5. The number of fused-ring (bicyclic) bond motifs is 1. The summed E-state index contributed by atoms with van der Waals surface area (Å²) in [6, 6.07) is 8.11. The maximum Gasteiger partial charge on any atom is 0.326 e. The Balaban J connectivity index is 1.18. The lowest BCUT2D eigenvalue weighted by Crippen LogP contribution is -2.51. The summed E-state index contributed by atoms with van der Waals surface area (Å²) in [4.78, 5) is 34.8. The highest BCUT2D eigenvalue weighted by molar-refractivity contribution is 7.18. The van der Waals surface area contributed by atoms with Crippen LogP contribution in [0, 0.1) is 11.3 Å². The van der Waals surface area contributed by atoms with E-state index in [4.69, 9.17) is 4.98 Å². The number of nitrogens with one attached hydrogen (secondary N) is 1. The minimum atomic E-state index is -0.670. The number of carbonyl (C=O) groups is 2. The van der Waals surface area contributed by atoms with Crippen LogP contribution in [0.25, 0.3) is 10.2 Å². The van der Waals surface area contributed by atoms with Crippen molar-refractivity contribution < 1.29 is 9.59 Å². The molecule has 3 aliphatic rings. The van der Waals surface area contributed by atoms with Gasteiger partial charge in [0.25, 0.3) is 5.91 Å². The topological polar surface area (TPSA) is 65.5 Å². The van der Waals surface area contributed by atoms with Crippen LogP contribution in [0.5, 0.6) is 0 Å². The molecule has 3 fully saturated rings. The third-order valence-electron chi connectivity index (χ3n) is 8.69. The number of imide groups is 1. The summed E-state index contributed by atoms with van der Waals surface area (Å²) in [7, 11) is 0. The Bertz CT molecular complexity index is 999. The van der Waals surface area contributed by atoms with Crippen molar-refractivity contribution >= 4 is 33.5 Å². The zero-order chi connectivity index (χ0) is 23.2. The van der Waals surface area contributed by atoms with Crippen molar-refractivity contribution in [2.75, 3.05) is 19.8 Å². The summed E-state index contributed by atoms with van der Waals surface area (Å²) in [5.74, 6) is 1.08. The number of hydrogen-bond donors (Lipinski definition) is 1. The van der Waals surface area contributed by atoms with Crippen LogP contribution in [-0.4, -0.2) is 52.0 Å². The smallest absolute Gasteiger partial charge is 0.323 e. The molecule has 0 atom stereocenters. The number of aromatic nitrogens is 1. The van der Waals surface area contributed by atoms with Gasteiger partial charge in [0, 0.05) is 19.0 Å². The number of piperidine rings is 1. The first-order valence-electron chi connectivity index (χ1n) is 12.5. The third-order valence-corrected chi connectivity index (χ3v) is 9.89. The lowest BCUT2D eigenvalue weighted by Gasteiger charge is -2.42. The molecule has 0 bridgehead atoms. The summed E-state index contributed by atoms with van der Waals surface area (Å²) in [5, 5.41) is 4.32. The molecule has 2 aromatic rings. The maximum absolute atomic E-state index is 13.4. The predicted octanol–water partition coefficient (Wildman–Crippen LogP) is 5.35. The van der Waals surface area contributed by atoms with Crippen LogP contribution in [0.2, 0.25) is 0 Å². The zero-order valence-corrected chi connectivity index (χ0v) is 20.9. The molecule has 0 unspecified atom stereocenters. The van der Waals surface area contributed by atoms with Crippen LogP contribution in [0.1, 0.15) is 76.6 Å². The molecule has 7 heteroatoms. The van der Waals surface area contributed by atoms with Crippen molar-refractivity contribution in [2.24, 2.45) is 11.3 Å². The second kappa shape index (κ2) is 8.66. The van der Waals surface area contributed by atoms with Crippen LogP contribution in [0.15, 0.2) is 24.3 Å². The van der Waals surface area contributed by atoms with Gasteiger partial charge in [0.05, 0.1) is 21.9 Å². The second-order valence-corrected chi connectivity index (χ2v) is 12.0. The van der Waals surface area contributed by atoms with Gasteiger partial charge >= 0.3 is 6.03 Å². The van der Waals surface area contributed by atoms with Crippen molar-refractivity contribution in [3.8, 4) is 0 Å². The monoisotopic (exact) mass is 468 g/mol. The fourth-order valence-corrected chi connectivity index (χ4v) is 7.05. The van der Waals surface area contributed by atoms with Crippen molar-refractivity contribution in [3.63, 3.8) is 0 Å². The minimum absolute atomic E-state index is 0.00597. The number of para-hydroxylation sites is 1. The summed E-state index contributed by atoms with van der Waals surface area (Å²) >= 11 is 1.80. The quantitative estimate of drug-likeness (QED) is 0.601. The van der Waals surface area contributed by atoms with Crippen LogP contribution < -0.4 is 5.32 Å². The third kappa shape index (κ3) is 4.18. The summed E-state index contributed by atoms with van der Waals surface area (Å²) < 4.78 is 1.25. The largest absolute Gasteiger partial charge is 0.326 e. The van der Waals surface area contributed by atoms with E-state index in [9.17, 15) is 9.59 Å². The molecular weight excluding hydrogens is 432 g/mol. The molecule has 1 aliphatic carbocycles. The Morgan fingerprint density at radius 2 is 1.82 bits per heavy atom. The van der Waals surface area contributed by atoms with Gasteiger partial charge in [-0.3, -0.25) is 9.69 Å².